The summed E-state index contributed by atoms with van der Waals surface area (Å²) in [6.07, 6.45) is 0.395. The summed E-state index contributed by atoms with van der Waals surface area (Å²) in [6, 6.07) is 0. The van der Waals surface area contributed by atoms with Gasteiger partial charge in [0.25, 0.3) is 0 Å². The molecule has 0 aliphatic carbocycles. The first kappa shape index (κ1) is 32.2. The highest BCUT2D eigenvalue weighted by Crippen LogP contribution is 2.30. The monoisotopic (exact) mass is 528 g/mol. The van der Waals surface area contributed by atoms with E-state index in [1.54, 1.807) is 0 Å². The molecule has 0 saturated carbocycles. The minimum atomic E-state index is -1.89. The molecule has 1 rings (SSSR count). The molecule has 8 nitrogen and oxygen atoms in total. The second-order valence-electron chi connectivity index (χ2n) is 7.32. The van der Waals surface area contributed by atoms with Crippen molar-refractivity contribution in [1.29, 1.82) is 0 Å². The summed E-state index contributed by atoms with van der Waals surface area (Å²) in [7, 11) is 0. The Kier molecular flexibility index (Phi) is 18.1. The number of hydrogen-bond acceptors (Lipinski definition) is 8. The Morgan fingerprint density at radius 1 is 0.556 bits per heavy atom. The summed E-state index contributed by atoms with van der Waals surface area (Å²) < 4.78 is 91.3. The van der Waals surface area contributed by atoms with Gasteiger partial charge in [-0.3, -0.25) is 4.79 Å². The lowest BCUT2D eigenvalue weighted by atomic mass is 10.1. The number of benzene rings is 1. The normalized spacial score (nSPS) is 11.3. The SMILES string of the molecule is CCCOCCOCCOCCOCCOCCOCCC(=O)Oc1c(F)c(F)c(F)c(CC)c1F. The third-order valence-corrected chi connectivity index (χ3v) is 4.54. The van der Waals surface area contributed by atoms with Crippen molar-refractivity contribution in [1.82, 2.24) is 0 Å². The fourth-order valence-electron chi connectivity index (χ4n) is 2.72. The molecule has 36 heavy (non-hydrogen) atoms. The Bertz CT molecular complexity index is 752. The van der Waals surface area contributed by atoms with Gasteiger partial charge < -0.3 is 33.2 Å². The molecule has 0 N–H and O–H groups in total. The van der Waals surface area contributed by atoms with Gasteiger partial charge >= 0.3 is 5.97 Å². The predicted octanol–water partition coefficient (Wildman–Crippen LogP) is 3.61. The van der Waals surface area contributed by atoms with Crippen LogP contribution in [0.3, 0.4) is 0 Å². The smallest absolute Gasteiger partial charge is 0.313 e. The minimum Gasteiger partial charge on any atom is -0.420 e. The Balaban J connectivity index is 1.98. The van der Waals surface area contributed by atoms with Crippen LogP contribution in [-0.4, -0.2) is 85.3 Å². The molecule has 208 valence electrons. The number of carbonyl (C=O) groups is 1. The van der Waals surface area contributed by atoms with Gasteiger partial charge in [0.05, 0.1) is 79.1 Å². The highest BCUT2D eigenvalue weighted by atomic mass is 19.2. The topological polar surface area (TPSA) is 81.7 Å². The Morgan fingerprint density at radius 3 is 1.39 bits per heavy atom. The van der Waals surface area contributed by atoms with Crippen LogP contribution >= 0.6 is 0 Å². The van der Waals surface area contributed by atoms with Gasteiger partial charge in [-0.15, -0.1) is 0 Å². The van der Waals surface area contributed by atoms with E-state index in [0.717, 1.165) is 13.0 Å². The summed E-state index contributed by atoms with van der Waals surface area (Å²) in [4.78, 5) is 11.8. The van der Waals surface area contributed by atoms with Crippen LogP contribution in [0.15, 0.2) is 0 Å². The van der Waals surface area contributed by atoms with Gasteiger partial charge in [-0.25, -0.2) is 13.2 Å². The Morgan fingerprint density at radius 2 is 0.972 bits per heavy atom. The first-order valence-electron chi connectivity index (χ1n) is 12.0. The molecule has 0 fully saturated rings. The Hall–Kier alpha value is -1.83. The lowest BCUT2D eigenvalue weighted by Gasteiger charge is -2.11. The molecule has 0 atom stereocenters. The van der Waals surface area contributed by atoms with Crippen LogP contribution in [0, 0.1) is 23.3 Å². The molecular weight excluding hydrogens is 492 g/mol. The van der Waals surface area contributed by atoms with Crippen molar-refractivity contribution in [3.05, 3.63) is 28.8 Å². The van der Waals surface area contributed by atoms with Crippen LogP contribution in [0.2, 0.25) is 0 Å². The molecule has 1 aromatic carbocycles. The largest absolute Gasteiger partial charge is 0.420 e. The Labute approximate surface area is 209 Å². The third kappa shape index (κ3) is 12.9. The van der Waals surface area contributed by atoms with Gasteiger partial charge in [0.15, 0.2) is 17.5 Å². The zero-order chi connectivity index (χ0) is 26.6. The lowest BCUT2D eigenvalue weighted by molar-refractivity contribution is -0.136. The molecule has 0 saturated heterocycles. The molecule has 0 aliphatic rings. The zero-order valence-electron chi connectivity index (χ0n) is 20.9. The summed E-state index contributed by atoms with van der Waals surface area (Å²) in [6.45, 7) is 8.07. The maximum absolute atomic E-state index is 14.1. The van der Waals surface area contributed by atoms with Crippen LogP contribution in [-0.2, 0) is 39.6 Å². The molecule has 12 heteroatoms. The highest BCUT2D eigenvalue weighted by molar-refractivity contribution is 5.72. The number of ether oxygens (including phenoxy) is 7. The second kappa shape index (κ2) is 20.3. The predicted molar refractivity (Wildman–Crippen MR) is 121 cm³/mol. The van der Waals surface area contributed by atoms with E-state index in [1.807, 2.05) is 6.92 Å². The summed E-state index contributed by atoms with van der Waals surface area (Å²) in [5.41, 5.74) is -0.699. The zero-order valence-corrected chi connectivity index (χ0v) is 20.9. The second-order valence-corrected chi connectivity index (χ2v) is 7.32. The highest BCUT2D eigenvalue weighted by Gasteiger charge is 2.27. The van der Waals surface area contributed by atoms with Crippen LogP contribution < -0.4 is 4.74 Å². The molecule has 1 aromatic rings. The van der Waals surface area contributed by atoms with Crippen LogP contribution in [0.4, 0.5) is 17.6 Å². The van der Waals surface area contributed by atoms with Crippen molar-refractivity contribution >= 4 is 5.97 Å². The van der Waals surface area contributed by atoms with E-state index in [-0.39, 0.29) is 32.7 Å². The van der Waals surface area contributed by atoms with Gasteiger partial charge in [-0.05, 0) is 12.8 Å². The van der Waals surface area contributed by atoms with Crippen LogP contribution in [0.1, 0.15) is 32.3 Å². The van der Waals surface area contributed by atoms with E-state index < -0.39 is 40.6 Å². The van der Waals surface area contributed by atoms with E-state index in [1.165, 1.54) is 6.92 Å². The van der Waals surface area contributed by atoms with E-state index in [2.05, 4.69) is 4.74 Å². The molecule has 0 amide bonds. The average Bonchev–Trinajstić information content (AvgIpc) is 2.87. The fraction of sp³-hybridized carbons (Fsp3) is 0.708. The maximum atomic E-state index is 14.1. The summed E-state index contributed by atoms with van der Waals surface area (Å²) in [5.74, 6) is -9.18. The van der Waals surface area contributed by atoms with E-state index >= 15 is 0 Å². The van der Waals surface area contributed by atoms with E-state index in [4.69, 9.17) is 28.4 Å². The van der Waals surface area contributed by atoms with Gasteiger partial charge in [-0.2, -0.15) is 4.39 Å². The van der Waals surface area contributed by atoms with Gasteiger partial charge in [0, 0.05) is 12.2 Å². The van der Waals surface area contributed by atoms with Gasteiger partial charge in [0.2, 0.25) is 11.6 Å². The summed E-state index contributed by atoms with van der Waals surface area (Å²) in [5, 5.41) is 0. The van der Waals surface area contributed by atoms with Crippen molar-refractivity contribution in [3.63, 3.8) is 0 Å². The first-order valence-corrected chi connectivity index (χ1v) is 12.0. The van der Waals surface area contributed by atoms with Crippen LogP contribution in [0.25, 0.3) is 0 Å². The molecule has 0 bridgehead atoms. The molecule has 0 aromatic heterocycles. The minimum absolute atomic E-state index is 0.112. The number of carbonyl (C=O) groups excluding carboxylic acids is 1. The lowest BCUT2D eigenvalue weighted by Crippen LogP contribution is -2.17. The maximum Gasteiger partial charge on any atom is 0.313 e. The summed E-state index contributed by atoms with van der Waals surface area (Å²) >= 11 is 0. The van der Waals surface area contributed by atoms with E-state index in [9.17, 15) is 22.4 Å². The van der Waals surface area contributed by atoms with E-state index in [0.29, 0.717) is 52.9 Å². The first-order chi connectivity index (χ1) is 17.4. The van der Waals surface area contributed by atoms with Crippen molar-refractivity contribution in [2.75, 3.05) is 79.3 Å². The molecule has 0 radical (unpaired) electrons. The quantitative estimate of drug-likeness (QED) is 0.0564. The molecule has 0 aliphatic heterocycles. The number of halogens is 4. The number of esters is 1. The molecule has 0 unspecified atom stereocenters. The van der Waals surface area contributed by atoms with Crippen LogP contribution in [0.5, 0.6) is 5.75 Å². The number of hydrogen-bond donors (Lipinski definition) is 0. The van der Waals surface area contributed by atoms with Gasteiger partial charge in [0.1, 0.15) is 0 Å². The molecule has 0 heterocycles. The van der Waals surface area contributed by atoms with Crippen molar-refractivity contribution < 1.29 is 55.5 Å². The fourth-order valence-corrected chi connectivity index (χ4v) is 2.72. The third-order valence-electron chi connectivity index (χ3n) is 4.54. The van der Waals surface area contributed by atoms with Gasteiger partial charge in [-0.1, -0.05) is 13.8 Å². The number of rotatable bonds is 22. The molecular formula is C24H36F4O8. The average molecular weight is 529 g/mol. The van der Waals surface area contributed by atoms with Crippen molar-refractivity contribution in [2.45, 2.75) is 33.1 Å². The molecule has 0 spiro atoms. The van der Waals surface area contributed by atoms with Crippen molar-refractivity contribution in [3.8, 4) is 5.75 Å². The standard InChI is InChI=1S/C24H36F4O8/c1-3-6-30-8-10-32-12-14-34-16-17-35-15-13-33-11-9-31-7-5-19(29)36-24-21(26)18(4-2)20(25)22(27)23(24)28/h3-17H2,1-2H3. The van der Waals surface area contributed by atoms with Crippen molar-refractivity contribution in [2.24, 2.45) is 0 Å².